The minimum atomic E-state index is -0.566. The Morgan fingerprint density at radius 2 is 2.17 bits per heavy atom. The maximum absolute atomic E-state index is 9.73. The van der Waals surface area contributed by atoms with Gasteiger partial charge in [-0.3, -0.25) is 0 Å². The molecule has 1 atom stereocenters. The maximum Gasteiger partial charge on any atom is 0.101 e. The van der Waals surface area contributed by atoms with Crippen LogP contribution in [0.5, 0.6) is 0 Å². The smallest absolute Gasteiger partial charge is 0.101 e. The molecule has 0 spiro atoms. The molecule has 1 aromatic heterocycles. The van der Waals surface area contributed by atoms with E-state index in [0.717, 1.165) is 15.5 Å². The average Bonchev–Trinajstić information content (AvgIpc) is 2.39. The van der Waals surface area contributed by atoms with Gasteiger partial charge < -0.3 is 5.11 Å². The van der Waals surface area contributed by atoms with Crippen molar-refractivity contribution < 1.29 is 5.11 Å². The summed E-state index contributed by atoms with van der Waals surface area (Å²) < 4.78 is 0. The molecule has 2 rings (SSSR count). The summed E-state index contributed by atoms with van der Waals surface area (Å²) in [7, 11) is 0. The number of hydrogen-bond acceptors (Lipinski definition) is 4. The maximum atomic E-state index is 9.73. The van der Waals surface area contributed by atoms with E-state index in [2.05, 4.69) is 11.1 Å². The van der Waals surface area contributed by atoms with Crippen LogP contribution in [0.15, 0.2) is 52.5 Å². The molecule has 0 radical (unpaired) electrons. The fourth-order valence-electron chi connectivity index (χ4n) is 1.56. The third-order valence-electron chi connectivity index (χ3n) is 2.45. The van der Waals surface area contributed by atoms with Gasteiger partial charge in [0.05, 0.1) is 17.7 Å². The highest BCUT2D eigenvalue weighted by Crippen LogP contribution is 2.32. The highest BCUT2D eigenvalue weighted by atomic mass is 32.2. The van der Waals surface area contributed by atoms with Crippen molar-refractivity contribution in [2.45, 2.75) is 22.9 Å². The Morgan fingerprint density at radius 1 is 1.33 bits per heavy atom. The van der Waals surface area contributed by atoms with Crippen LogP contribution in [0.4, 0.5) is 0 Å². The first kappa shape index (κ1) is 12.6. The van der Waals surface area contributed by atoms with Crippen molar-refractivity contribution in [3.8, 4) is 6.07 Å². The Bertz CT molecular complexity index is 576. The number of aromatic nitrogens is 1. The summed E-state index contributed by atoms with van der Waals surface area (Å²) in [5.74, 6) is 0. The van der Waals surface area contributed by atoms with Gasteiger partial charge in [0, 0.05) is 11.1 Å². The van der Waals surface area contributed by atoms with Crippen LogP contribution in [0.1, 0.15) is 24.2 Å². The highest BCUT2D eigenvalue weighted by molar-refractivity contribution is 7.99. The van der Waals surface area contributed by atoms with Crippen LogP contribution in [-0.4, -0.2) is 10.1 Å². The molecule has 0 saturated heterocycles. The molecule has 0 aliphatic heterocycles. The SMILES string of the molecule is CC(O)c1ccc(C#N)cc1Sc1ccccn1. The van der Waals surface area contributed by atoms with Gasteiger partial charge in [-0.2, -0.15) is 5.26 Å². The summed E-state index contributed by atoms with van der Waals surface area (Å²) in [5, 5.41) is 19.5. The third kappa shape index (κ3) is 2.89. The molecule has 1 N–H and O–H groups in total. The van der Waals surface area contributed by atoms with Crippen molar-refractivity contribution in [3.63, 3.8) is 0 Å². The standard InChI is InChI=1S/C14H12N2OS/c1-10(17)12-6-5-11(9-15)8-13(12)18-14-4-2-3-7-16-14/h2-8,10,17H,1H3. The first-order chi connectivity index (χ1) is 8.70. The highest BCUT2D eigenvalue weighted by Gasteiger charge is 2.10. The lowest BCUT2D eigenvalue weighted by Gasteiger charge is -2.11. The molecule has 1 aromatic carbocycles. The van der Waals surface area contributed by atoms with E-state index < -0.39 is 6.10 Å². The minimum absolute atomic E-state index is 0.566. The minimum Gasteiger partial charge on any atom is -0.389 e. The second-order valence-electron chi connectivity index (χ2n) is 3.81. The quantitative estimate of drug-likeness (QED) is 0.916. The topological polar surface area (TPSA) is 56.9 Å². The summed E-state index contributed by atoms with van der Waals surface area (Å²) in [4.78, 5) is 5.09. The number of nitriles is 1. The molecule has 0 fully saturated rings. The number of rotatable bonds is 3. The molecule has 3 nitrogen and oxygen atoms in total. The molecule has 1 heterocycles. The summed E-state index contributed by atoms with van der Waals surface area (Å²) in [6.45, 7) is 1.71. The monoisotopic (exact) mass is 256 g/mol. The van der Waals surface area contributed by atoms with Crippen LogP contribution < -0.4 is 0 Å². The Kier molecular flexibility index (Phi) is 3.98. The van der Waals surface area contributed by atoms with Crippen LogP contribution in [0.3, 0.4) is 0 Å². The van der Waals surface area contributed by atoms with Crippen LogP contribution in [-0.2, 0) is 0 Å². The van der Waals surface area contributed by atoms with Crippen molar-refractivity contribution in [1.29, 1.82) is 5.26 Å². The molecule has 0 aliphatic carbocycles. The van der Waals surface area contributed by atoms with E-state index in [1.807, 2.05) is 18.2 Å². The molecule has 1 unspecified atom stereocenters. The van der Waals surface area contributed by atoms with Crippen LogP contribution in [0, 0.1) is 11.3 Å². The zero-order valence-electron chi connectivity index (χ0n) is 9.87. The molecule has 18 heavy (non-hydrogen) atoms. The number of aliphatic hydroxyl groups is 1. The van der Waals surface area contributed by atoms with Crippen molar-refractivity contribution in [3.05, 3.63) is 53.7 Å². The van der Waals surface area contributed by atoms with Gasteiger partial charge >= 0.3 is 0 Å². The molecular formula is C14H12N2OS. The molecule has 0 bridgehead atoms. The lowest BCUT2D eigenvalue weighted by atomic mass is 10.1. The van der Waals surface area contributed by atoms with Gasteiger partial charge in [0.1, 0.15) is 5.03 Å². The molecule has 0 saturated carbocycles. The summed E-state index contributed by atoms with van der Waals surface area (Å²) in [6.07, 6.45) is 1.15. The van der Waals surface area contributed by atoms with Gasteiger partial charge in [-0.1, -0.05) is 23.9 Å². The number of benzene rings is 1. The third-order valence-corrected chi connectivity index (χ3v) is 3.47. The predicted molar refractivity (Wildman–Crippen MR) is 70.2 cm³/mol. The van der Waals surface area contributed by atoms with Crippen molar-refractivity contribution in [2.75, 3.05) is 0 Å². The second-order valence-corrected chi connectivity index (χ2v) is 4.87. The number of aliphatic hydroxyl groups excluding tert-OH is 1. The largest absolute Gasteiger partial charge is 0.389 e. The zero-order valence-corrected chi connectivity index (χ0v) is 10.7. The molecular weight excluding hydrogens is 244 g/mol. The number of pyridine rings is 1. The van der Waals surface area contributed by atoms with E-state index in [1.165, 1.54) is 11.8 Å². The second kappa shape index (κ2) is 5.67. The molecule has 2 aromatic rings. The Labute approximate surface area is 110 Å². The van der Waals surface area contributed by atoms with Crippen LogP contribution in [0.25, 0.3) is 0 Å². The summed E-state index contributed by atoms with van der Waals surface area (Å²) in [6, 6.07) is 13.0. The van der Waals surface area contributed by atoms with E-state index in [9.17, 15) is 5.11 Å². The van der Waals surface area contributed by atoms with E-state index in [1.54, 1.807) is 31.3 Å². The number of nitrogens with zero attached hydrogens (tertiary/aromatic N) is 2. The molecule has 90 valence electrons. The van der Waals surface area contributed by atoms with E-state index in [4.69, 9.17) is 5.26 Å². The summed E-state index contributed by atoms with van der Waals surface area (Å²) in [5.41, 5.74) is 1.39. The first-order valence-electron chi connectivity index (χ1n) is 5.51. The Hall–Kier alpha value is -1.83. The van der Waals surface area contributed by atoms with E-state index in [-0.39, 0.29) is 0 Å². The van der Waals surface area contributed by atoms with Gasteiger partial charge in [-0.05, 0) is 36.8 Å². The van der Waals surface area contributed by atoms with Crippen molar-refractivity contribution in [1.82, 2.24) is 4.98 Å². The van der Waals surface area contributed by atoms with Gasteiger partial charge in [-0.25, -0.2) is 4.98 Å². The van der Waals surface area contributed by atoms with Crippen LogP contribution >= 0.6 is 11.8 Å². The first-order valence-corrected chi connectivity index (χ1v) is 6.33. The molecule has 0 amide bonds. The van der Waals surface area contributed by atoms with E-state index >= 15 is 0 Å². The fraction of sp³-hybridized carbons (Fsp3) is 0.143. The number of hydrogen-bond donors (Lipinski definition) is 1. The Balaban J connectivity index is 2.39. The van der Waals surface area contributed by atoms with Gasteiger partial charge in [0.2, 0.25) is 0 Å². The Morgan fingerprint density at radius 3 is 2.78 bits per heavy atom. The van der Waals surface area contributed by atoms with Gasteiger partial charge in [0.25, 0.3) is 0 Å². The molecule has 4 heteroatoms. The van der Waals surface area contributed by atoms with Crippen LogP contribution in [0.2, 0.25) is 0 Å². The average molecular weight is 256 g/mol. The zero-order chi connectivity index (χ0) is 13.0. The van der Waals surface area contributed by atoms with Gasteiger partial charge in [-0.15, -0.1) is 0 Å². The fourth-order valence-corrected chi connectivity index (χ4v) is 2.59. The van der Waals surface area contributed by atoms with Crippen molar-refractivity contribution in [2.24, 2.45) is 0 Å². The summed E-state index contributed by atoms with van der Waals surface area (Å²) >= 11 is 1.45. The van der Waals surface area contributed by atoms with Crippen molar-refractivity contribution >= 4 is 11.8 Å². The van der Waals surface area contributed by atoms with E-state index in [0.29, 0.717) is 5.56 Å². The lowest BCUT2D eigenvalue weighted by molar-refractivity contribution is 0.196. The lowest BCUT2D eigenvalue weighted by Crippen LogP contribution is -1.95. The molecule has 0 aliphatic rings. The normalized spacial score (nSPS) is 11.8. The predicted octanol–water partition coefficient (Wildman–Crippen LogP) is 3.16. The van der Waals surface area contributed by atoms with Gasteiger partial charge in [0.15, 0.2) is 0 Å².